The van der Waals surface area contributed by atoms with Crippen LogP contribution in [0.3, 0.4) is 0 Å². The highest BCUT2D eigenvalue weighted by Crippen LogP contribution is 2.22. The fraction of sp³-hybridized carbons (Fsp3) is 0.267. The average molecular weight is 277 g/mol. The van der Waals surface area contributed by atoms with E-state index in [1.54, 1.807) is 0 Å². The Balaban J connectivity index is 2.14. The predicted molar refractivity (Wildman–Crippen MR) is 79.0 cm³/mol. The number of aryl methyl sites for hydroxylation is 2. The fourth-order valence-corrected chi connectivity index (χ4v) is 1.99. The number of halogens is 1. The van der Waals surface area contributed by atoms with Crippen LogP contribution >= 0.6 is 11.6 Å². The zero-order valence-electron chi connectivity index (χ0n) is 11.3. The zero-order chi connectivity index (χ0) is 13.8. The van der Waals surface area contributed by atoms with Crippen LogP contribution in [-0.2, 0) is 6.61 Å². The van der Waals surface area contributed by atoms with Crippen LogP contribution in [-0.4, -0.2) is 12.0 Å². The van der Waals surface area contributed by atoms with Gasteiger partial charge in [-0.3, -0.25) is 0 Å². The first-order valence-electron chi connectivity index (χ1n) is 6.13. The van der Waals surface area contributed by atoms with Crippen LogP contribution in [0.5, 0.6) is 5.75 Å². The van der Waals surface area contributed by atoms with Gasteiger partial charge in [0.1, 0.15) is 18.2 Å². The maximum Gasteiger partial charge on any atom is 0.132 e. The Labute approximate surface area is 118 Å². The van der Waals surface area contributed by atoms with E-state index in [1.165, 1.54) is 5.56 Å². The van der Waals surface area contributed by atoms with Gasteiger partial charge in [0.25, 0.3) is 0 Å². The van der Waals surface area contributed by atoms with Crippen molar-refractivity contribution in [2.75, 3.05) is 12.4 Å². The first kappa shape index (κ1) is 13.7. The number of anilines is 1. The molecule has 3 nitrogen and oxygen atoms in total. The molecule has 0 bridgehead atoms. The number of nitrogens with one attached hydrogen (secondary N) is 1. The molecule has 0 unspecified atom stereocenters. The molecule has 0 saturated carbocycles. The van der Waals surface area contributed by atoms with E-state index >= 15 is 0 Å². The highest BCUT2D eigenvalue weighted by Gasteiger charge is 2.06. The third-order valence-corrected chi connectivity index (χ3v) is 3.21. The van der Waals surface area contributed by atoms with Gasteiger partial charge in [0.15, 0.2) is 0 Å². The smallest absolute Gasteiger partial charge is 0.132 e. The minimum atomic E-state index is 0.359. The third-order valence-electron chi connectivity index (χ3n) is 2.87. The quantitative estimate of drug-likeness (QED) is 0.917. The number of ether oxygens (including phenoxy) is 1. The van der Waals surface area contributed by atoms with Crippen molar-refractivity contribution in [1.29, 1.82) is 0 Å². The molecule has 1 aromatic carbocycles. The maximum absolute atomic E-state index is 6.11. The molecule has 0 atom stereocenters. The van der Waals surface area contributed by atoms with Crippen molar-refractivity contribution in [3.05, 3.63) is 52.2 Å². The maximum atomic E-state index is 6.11. The molecule has 1 aromatic heterocycles. The summed E-state index contributed by atoms with van der Waals surface area (Å²) in [7, 11) is 1.82. The van der Waals surface area contributed by atoms with Gasteiger partial charge in [-0.2, -0.15) is 0 Å². The van der Waals surface area contributed by atoms with Crippen LogP contribution in [0.2, 0.25) is 5.02 Å². The van der Waals surface area contributed by atoms with Gasteiger partial charge in [0, 0.05) is 7.05 Å². The summed E-state index contributed by atoms with van der Waals surface area (Å²) in [6.45, 7) is 4.45. The number of aromatic nitrogens is 1. The van der Waals surface area contributed by atoms with Crippen LogP contribution in [0.4, 0.5) is 5.82 Å². The molecule has 1 N–H and O–H groups in total. The molecule has 0 radical (unpaired) electrons. The number of rotatable bonds is 4. The average Bonchev–Trinajstić information content (AvgIpc) is 2.39. The van der Waals surface area contributed by atoms with Gasteiger partial charge in [-0.1, -0.05) is 29.3 Å². The molecule has 0 fully saturated rings. The summed E-state index contributed by atoms with van der Waals surface area (Å²) in [6.07, 6.45) is 0. The molecular weight excluding hydrogens is 260 g/mol. The number of hydrogen-bond acceptors (Lipinski definition) is 3. The Hall–Kier alpha value is -1.74. The van der Waals surface area contributed by atoms with Gasteiger partial charge >= 0.3 is 0 Å². The van der Waals surface area contributed by atoms with Crippen LogP contribution in [0.1, 0.15) is 16.8 Å². The summed E-state index contributed by atoms with van der Waals surface area (Å²) in [5.41, 5.74) is 3.06. The summed E-state index contributed by atoms with van der Waals surface area (Å²) in [5.74, 6) is 1.64. The first-order valence-corrected chi connectivity index (χ1v) is 6.51. The lowest BCUT2D eigenvalue weighted by atomic mass is 10.1. The molecule has 0 spiro atoms. The molecule has 2 aromatic rings. The van der Waals surface area contributed by atoms with Crippen molar-refractivity contribution in [1.82, 2.24) is 4.98 Å². The second-order valence-electron chi connectivity index (χ2n) is 4.43. The van der Waals surface area contributed by atoms with Gasteiger partial charge in [0.2, 0.25) is 0 Å². The van der Waals surface area contributed by atoms with Crippen molar-refractivity contribution in [2.24, 2.45) is 0 Å². The molecule has 19 heavy (non-hydrogen) atoms. The van der Waals surface area contributed by atoms with Crippen LogP contribution in [0.15, 0.2) is 30.3 Å². The van der Waals surface area contributed by atoms with Crippen molar-refractivity contribution in [3.8, 4) is 5.75 Å². The topological polar surface area (TPSA) is 34.1 Å². The Morgan fingerprint density at radius 2 is 2.00 bits per heavy atom. The highest BCUT2D eigenvalue weighted by atomic mass is 35.5. The van der Waals surface area contributed by atoms with E-state index in [2.05, 4.69) is 23.3 Å². The molecular formula is C15H17ClN2O. The molecule has 4 heteroatoms. The highest BCUT2D eigenvalue weighted by molar-refractivity contribution is 6.31. The third kappa shape index (κ3) is 3.38. The number of benzene rings is 1. The normalized spacial score (nSPS) is 10.3. The van der Waals surface area contributed by atoms with E-state index in [-0.39, 0.29) is 0 Å². The lowest BCUT2D eigenvalue weighted by molar-refractivity contribution is 0.299. The van der Waals surface area contributed by atoms with Gasteiger partial charge in [-0.25, -0.2) is 4.98 Å². The molecule has 1 heterocycles. The van der Waals surface area contributed by atoms with E-state index in [9.17, 15) is 0 Å². The monoisotopic (exact) mass is 276 g/mol. The SMILES string of the molecule is CNc1ccc(Cl)c(COc2ccc(C)cc2C)n1. The lowest BCUT2D eigenvalue weighted by Crippen LogP contribution is -2.03. The minimum absolute atomic E-state index is 0.359. The van der Waals surface area contributed by atoms with Gasteiger partial charge in [-0.05, 0) is 37.6 Å². The van der Waals surface area contributed by atoms with Gasteiger partial charge in [0.05, 0.1) is 10.7 Å². The van der Waals surface area contributed by atoms with Crippen molar-refractivity contribution in [2.45, 2.75) is 20.5 Å². The Kier molecular flexibility index (Phi) is 4.27. The predicted octanol–water partition coefficient (Wildman–Crippen LogP) is 3.97. The van der Waals surface area contributed by atoms with Gasteiger partial charge in [-0.15, -0.1) is 0 Å². The summed E-state index contributed by atoms with van der Waals surface area (Å²) < 4.78 is 5.78. The van der Waals surface area contributed by atoms with Crippen LogP contribution in [0, 0.1) is 13.8 Å². The van der Waals surface area contributed by atoms with E-state index in [1.807, 2.05) is 38.2 Å². The largest absolute Gasteiger partial charge is 0.487 e. The number of pyridine rings is 1. The summed E-state index contributed by atoms with van der Waals surface area (Å²) in [5, 5.41) is 3.60. The Bertz CT molecular complexity index is 584. The lowest BCUT2D eigenvalue weighted by Gasteiger charge is -2.11. The van der Waals surface area contributed by atoms with E-state index in [0.29, 0.717) is 11.6 Å². The van der Waals surface area contributed by atoms with Crippen molar-refractivity contribution >= 4 is 17.4 Å². The fourth-order valence-electron chi connectivity index (χ4n) is 1.83. The Morgan fingerprint density at radius 1 is 1.21 bits per heavy atom. The molecule has 2 rings (SSSR count). The van der Waals surface area contributed by atoms with E-state index in [4.69, 9.17) is 16.3 Å². The second-order valence-corrected chi connectivity index (χ2v) is 4.84. The number of hydrogen-bond donors (Lipinski definition) is 1. The van der Waals surface area contributed by atoms with E-state index < -0.39 is 0 Å². The Morgan fingerprint density at radius 3 is 2.68 bits per heavy atom. The van der Waals surface area contributed by atoms with Crippen molar-refractivity contribution < 1.29 is 4.74 Å². The molecule has 100 valence electrons. The zero-order valence-corrected chi connectivity index (χ0v) is 12.1. The molecule has 0 aliphatic rings. The van der Waals surface area contributed by atoms with Crippen LogP contribution in [0.25, 0.3) is 0 Å². The second kappa shape index (κ2) is 5.93. The molecule has 0 saturated heterocycles. The van der Waals surface area contributed by atoms with Crippen molar-refractivity contribution in [3.63, 3.8) is 0 Å². The van der Waals surface area contributed by atoms with Crippen LogP contribution < -0.4 is 10.1 Å². The van der Waals surface area contributed by atoms with E-state index in [0.717, 1.165) is 22.8 Å². The van der Waals surface area contributed by atoms with Gasteiger partial charge < -0.3 is 10.1 Å². The first-order chi connectivity index (χ1) is 9.10. The number of nitrogens with zero attached hydrogens (tertiary/aromatic N) is 1. The standard InChI is InChI=1S/C15H17ClN2O/c1-10-4-6-14(11(2)8-10)19-9-13-12(16)5-7-15(17-3)18-13/h4-8H,9H2,1-3H3,(H,17,18). The molecule has 0 aliphatic heterocycles. The molecule has 0 aliphatic carbocycles. The minimum Gasteiger partial charge on any atom is -0.487 e. The summed E-state index contributed by atoms with van der Waals surface area (Å²) in [4.78, 5) is 4.39. The molecule has 0 amide bonds. The summed E-state index contributed by atoms with van der Waals surface area (Å²) in [6, 6.07) is 9.75. The summed E-state index contributed by atoms with van der Waals surface area (Å²) >= 11 is 6.11.